The Morgan fingerprint density at radius 2 is 2.27 bits per heavy atom. The third kappa shape index (κ3) is 4.74. The highest BCUT2D eigenvalue weighted by atomic mass is 35.5. The smallest absolute Gasteiger partial charge is 0.251 e. The van der Waals surface area contributed by atoms with Gasteiger partial charge in [-0.15, -0.1) is 12.4 Å². The Balaban J connectivity index is 0.00000242. The first-order valence-electron chi connectivity index (χ1n) is 7.47. The van der Waals surface area contributed by atoms with Gasteiger partial charge in [-0.3, -0.25) is 9.59 Å². The number of rotatable bonds is 5. The third-order valence-corrected chi connectivity index (χ3v) is 4.10. The van der Waals surface area contributed by atoms with Crippen molar-refractivity contribution in [2.75, 3.05) is 19.6 Å². The van der Waals surface area contributed by atoms with Gasteiger partial charge in [0.1, 0.15) is 5.54 Å². The van der Waals surface area contributed by atoms with E-state index in [4.69, 9.17) is 5.73 Å². The molecule has 124 valence electrons. The van der Waals surface area contributed by atoms with Gasteiger partial charge in [-0.05, 0) is 63.5 Å². The molecule has 0 aromatic carbocycles. The quantitative estimate of drug-likeness (QED) is 0.580. The van der Waals surface area contributed by atoms with Crippen LogP contribution < -0.4 is 21.7 Å². The van der Waals surface area contributed by atoms with Gasteiger partial charge in [-0.2, -0.15) is 0 Å². The molecule has 0 aromatic rings. The number of amides is 2. The fraction of sp³-hybridized carbons (Fsp3) is 0.600. The lowest BCUT2D eigenvalue weighted by atomic mass is 9.94. The second-order valence-electron chi connectivity index (χ2n) is 5.90. The van der Waals surface area contributed by atoms with E-state index >= 15 is 0 Å². The molecule has 0 radical (unpaired) electrons. The summed E-state index contributed by atoms with van der Waals surface area (Å²) in [4.78, 5) is 23.5. The van der Waals surface area contributed by atoms with Crippen LogP contribution in [0.1, 0.15) is 26.2 Å². The zero-order valence-corrected chi connectivity index (χ0v) is 13.7. The number of hydrogen-bond acceptors (Lipinski definition) is 4. The number of carbonyl (C=O) groups excluding carboxylic acids is 2. The van der Waals surface area contributed by atoms with Crippen molar-refractivity contribution in [2.45, 2.75) is 31.7 Å². The first-order chi connectivity index (χ1) is 10.0. The van der Waals surface area contributed by atoms with Gasteiger partial charge in [0, 0.05) is 12.1 Å². The molecule has 0 spiro atoms. The van der Waals surface area contributed by atoms with Crippen LogP contribution in [-0.2, 0) is 9.59 Å². The van der Waals surface area contributed by atoms with Gasteiger partial charge in [0.05, 0.1) is 0 Å². The lowest BCUT2D eigenvalue weighted by Crippen LogP contribution is -2.51. The number of nitrogens with two attached hydrogens (primary N) is 1. The van der Waals surface area contributed by atoms with Gasteiger partial charge in [0.25, 0.3) is 5.91 Å². The van der Waals surface area contributed by atoms with Crippen LogP contribution in [0, 0.1) is 5.92 Å². The fourth-order valence-electron chi connectivity index (χ4n) is 2.65. The molecule has 0 saturated carbocycles. The summed E-state index contributed by atoms with van der Waals surface area (Å²) in [5.74, 6) is -0.0399. The van der Waals surface area contributed by atoms with Crippen LogP contribution in [0.5, 0.6) is 0 Å². The molecule has 2 heterocycles. The monoisotopic (exact) mass is 328 g/mol. The number of hydrogen-bond donors (Lipinski definition) is 4. The summed E-state index contributed by atoms with van der Waals surface area (Å²) in [7, 11) is 0. The molecule has 2 aliphatic heterocycles. The number of primary amides is 1. The molecule has 22 heavy (non-hydrogen) atoms. The molecule has 1 fully saturated rings. The standard InChI is InChI=1S/C15H24N4O2.ClH/c1-15(14(16)21)9-12(5-8-19-15)13(20)18-7-4-11-3-2-6-17-10-11;/h5,8-9,11,17,19H,2-4,6-7,10H2,1H3,(H2,16,21)(H,18,20);1H. The lowest BCUT2D eigenvalue weighted by molar-refractivity contribution is -0.121. The number of dihydropyridines is 1. The van der Waals surface area contributed by atoms with Crippen molar-refractivity contribution in [2.24, 2.45) is 11.7 Å². The highest BCUT2D eigenvalue weighted by Gasteiger charge is 2.30. The topological polar surface area (TPSA) is 96.2 Å². The Morgan fingerprint density at radius 3 is 2.91 bits per heavy atom. The molecule has 6 nitrogen and oxygen atoms in total. The maximum atomic E-state index is 12.1. The van der Waals surface area contributed by atoms with Crippen molar-refractivity contribution in [1.82, 2.24) is 16.0 Å². The van der Waals surface area contributed by atoms with E-state index in [0.717, 1.165) is 19.5 Å². The van der Waals surface area contributed by atoms with E-state index in [1.165, 1.54) is 12.8 Å². The predicted molar refractivity (Wildman–Crippen MR) is 88.4 cm³/mol. The largest absolute Gasteiger partial charge is 0.374 e. The SMILES string of the molecule is CC1(C(N)=O)C=C(C(=O)NCCC2CCCNC2)C=CN1.Cl. The average molecular weight is 329 g/mol. The molecule has 7 heteroatoms. The Morgan fingerprint density at radius 1 is 1.50 bits per heavy atom. The number of carbonyl (C=O) groups is 2. The number of piperidine rings is 1. The summed E-state index contributed by atoms with van der Waals surface area (Å²) in [6.07, 6.45) is 8.21. The van der Waals surface area contributed by atoms with E-state index in [1.807, 2.05) is 0 Å². The minimum absolute atomic E-state index is 0. The first kappa shape index (κ1) is 18.5. The maximum absolute atomic E-state index is 12.1. The second-order valence-corrected chi connectivity index (χ2v) is 5.90. The van der Waals surface area contributed by atoms with E-state index in [2.05, 4.69) is 16.0 Å². The Labute approximate surface area is 137 Å². The van der Waals surface area contributed by atoms with E-state index in [-0.39, 0.29) is 18.3 Å². The van der Waals surface area contributed by atoms with Gasteiger partial charge in [-0.25, -0.2) is 0 Å². The van der Waals surface area contributed by atoms with E-state index in [1.54, 1.807) is 25.3 Å². The van der Waals surface area contributed by atoms with Crippen molar-refractivity contribution in [3.63, 3.8) is 0 Å². The van der Waals surface area contributed by atoms with Gasteiger partial charge in [-0.1, -0.05) is 0 Å². The molecular formula is C15H25ClN4O2. The van der Waals surface area contributed by atoms with Crippen LogP contribution >= 0.6 is 12.4 Å². The van der Waals surface area contributed by atoms with Gasteiger partial charge in [0.2, 0.25) is 5.91 Å². The second kappa shape index (κ2) is 8.19. The molecule has 2 unspecified atom stereocenters. The Kier molecular flexibility index (Phi) is 6.90. The molecule has 0 bridgehead atoms. The predicted octanol–water partition coefficient (Wildman–Crippen LogP) is 0.201. The van der Waals surface area contributed by atoms with Gasteiger partial charge < -0.3 is 21.7 Å². The van der Waals surface area contributed by atoms with E-state index in [9.17, 15) is 9.59 Å². The summed E-state index contributed by atoms with van der Waals surface area (Å²) in [5, 5.41) is 9.14. The molecule has 0 aromatic heterocycles. The van der Waals surface area contributed by atoms with Crippen molar-refractivity contribution < 1.29 is 9.59 Å². The molecule has 2 amide bonds. The molecule has 2 aliphatic rings. The Bertz CT molecular complexity index is 472. The molecule has 5 N–H and O–H groups in total. The summed E-state index contributed by atoms with van der Waals surface area (Å²) >= 11 is 0. The number of halogens is 1. The van der Waals surface area contributed by atoms with E-state index < -0.39 is 11.4 Å². The average Bonchev–Trinajstić information content (AvgIpc) is 2.48. The van der Waals surface area contributed by atoms with Crippen LogP contribution in [0.2, 0.25) is 0 Å². The van der Waals surface area contributed by atoms with E-state index in [0.29, 0.717) is 18.0 Å². The third-order valence-electron chi connectivity index (χ3n) is 4.10. The summed E-state index contributed by atoms with van der Waals surface area (Å²) in [6, 6.07) is 0. The summed E-state index contributed by atoms with van der Waals surface area (Å²) in [6.45, 7) is 4.43. The fourth-order valence-corrected chi connectivity index (χ4v) is 2.65. The van der Waals surface area contributed by atoms with Crippen LogP contribution in [-0.4, -0.2) is 37.0 Å². The number of nitrogens with one attached hydrogen (secondary N) is 3. The first-order valence-corrected chi connectivity index (χ1v) is 7.47. The zero-order chi connectivity index (χ0) is 15.3. The van der Waals surface area contributed by atoms with Crippen LogP contribution in [0.4, 0.5) is 0 Å². The highest BCUT2D eigenvalue weighted by Crippen LogP contribution is 2.16. The summed E-state index contributed by atoms with van der Waals surface area (Å²) in [5.41, 5.74) is 4.81. The highest BCUT2D eigenvalue weighted by molar-refractivity contribution is 5.99. The van der Waals surface area contributed by atoms with Crippen molar-refractivity contribution in [3.05, 3.63) is 23.9 Å². The molecule has 2 atom stereocenters. The molecular weight excluding hydrogens is 304 g/mol. The van der Waals surface area contributed by atoms with Gasteiger partial charge >= 0.3 is 0 Å². The van der Waals surface area contributed by atoms with Crippen molar-refractivity contribution in [3.8, 4) is 0 Å². The minimum Gasteiger partial charge on any atom is -0.374 e. The van der Waals surface area contributed by atoms with Crippen LogP contribution in [0.3, 0.4) is 0 Å². The molecule has 2 rings (SSSR count). The molecule has 0 aliphatic carbocycles. The molecule has 1 saturated heterocycles. The zero-order valence-electron chi connectivity index (χ0n) is 12.9. The lowest BCUT2D eigenvalue weighted by Gasteiger charge is -2.27. The van der Waals surface area contributed by atoms with Gasteiger partial charge in [0.15, 0.2) is 0 Å². The van der Waals surface area contributed by atoms with Crippen molar-refractivity contribution in [1.29, 1.82) is 0 Å². The van der Waals surface area contributed by atoms with Crippen LogP contribution in [0.25, 0.3) is 0 Å². The summed E-state index contributed by atoms with van der Waals surface area (Å²) < 4.78 is 0. The minimum atomic E-state index is -1.01. The normalized spacial score (nSPS) is 27.1. The maximum Gasteiger partial charge on any atom is 0.251 e. The van der Waals surface area contributed by atoms with Crippen molar-refractivity contribution >= 4 is 24.2 Å². The van der Waals surface area contributed by atoms with Crippen LogP contribution in [0.15, 0.2) is 23.9 Å². The Hall–Kier alpha value is -1.53.